The Balaban J connectivity index is 2.05. The number of nitrogens with zero attached hydrogens (tertiary/aromatic N) is 2. The molecule has 1 aromatic heterocycles. The molecule has 0 aliphatic carbocycles. The molecule has 1 N–H and O–H groups in total. The maximum atomic E-state index is 13.5. The van der Waals surface area contributed by atoms with Crippen LogP contribution < -0.4 is 5.32 Å². The van der Waals surface area contributed by atoms with E-state index in [-0.39, 0.29) is 10.8 Å². The number of aryl methyl sites for hydroxylation is 1. The Bertz CT molecular complexity index is 752. The highest BCUT2D eigenvalue weighted by molar-refractivity contribution is 8.00. The van der Waals surface area contributed by atoms with Gasteiger partial charge in [0.2, 0.25) is 5.91 Å². The summed E-state index contributed by atoms with van der Waals surface area (Å²) in [4.78, 5) is 19.2. The fourth-order valence-corrected chi connectivity index (χ4v) is 2.44. The first-order chi connectivity index (χ1) is 11.2. The lowest BCUT2D eigenvalue weighted by molar-refractivity contribution is -0.141. The van der Waals surface area contributed by atoms with Gasteiger partial charge in [-0.2, -0.15) is 13.2 Å². The van der Waals surface area contributed by atoms with Gasteiger partial charge in [-0.25, -0.2) is 14.4 Å². The number of hydrogen-bond donors (Lipinski definition) is 1. The highest BCUT2D eigenvalue weighted by atomic mass is 32.2. The first kappa shape index (κ1) is 18.2. The quantitative estimate of drug-likeness (QED) is 0.508. The van der Waals surface area contributed by atoms with Crippen LogP contribution in [-0.4, -0.2) is 21.1 Å². The standard InChI is InChI=1S/C15H13F4N3OS/c1-8-3-4-10(7-11(8)16)21-13(23)9(2)24-14-20-6-5-12(22-14)15(17,18)19/h3-7,9H,1-2H3,(H,21,23)/t9-/m1/s1. The molecule has 4 nitrogen and oxygen atoms in total. The molecule has 2 aromatic rings. The van der Waals surface area contributed by atoms with Gasteiger partial charge in [0.25, 0.3) is 0 Å². The lowest BCUT2D eigenvalue weighted by atomic mass is 10.2. The molecule has 0 bridgehead atoms. The summed E-state index contributed by atoms with van der Waals surface area (Å²) in [6, 6.07) is 4.97. The number of anilines is 1. The zero-order valence-corrected chi connectivity index (χ0v) is 13.5. The Kier molecular flexibility index (Phi) is 5.43. The van der Waals surface area contributed by atoms with Gasteiger partial charge in [0, 0.05) is 11.9 Å². The van der Waals surface area contributed by atoms with Gasteiger partial charge in [0.05, 0.1) is 5.25 Å². The molecule has 1 aromatic carbocycles. The highest BCUT2D eigenvalue weighted by Gasteiger charge is 2.33. The minimum Gasteiger partial charge on any atom is -0.325 e. The van der Waals surface area contributed by atoms with Crippen LogP contribution in [0.3, 0.4) is 0 Å². The number of thioether (sulfide) groups is 1. The molecule has 9 heteroatoms. The molecule has 0 unspecified atom stereocenters. The summed E-state index contributed by atoms with van der Waals surface area (Å²) in [6.45, 7) is 3.08. The summed E-state index contributed by atoms with van der Waals surface area (Å²) in [5.74, 6) is -0.960. The molecule has 128 valence electrons. The second kappa shape index (κ2) is 7.16. The summed E-state index contributed by atoms with van der Waals surface area (Å²) in [6.07, 6.45) is -3.60. The summed E-state index contributed by atoms with van der Waals surface area (Å²) in [7, 11) is 0. The number of benzene rings is 1. The van der Waals surface area contributed by atoms with E-state index in [2.05, 4.69) is 15.3 Å². The van der Waals surface area contributed by atoms with E-state index in [1.807, 2.05) is 0 Å². The van der Waals surface area contributed by atoms with Crippen LogP contribution in [-0.2, 0) is 11.0 Å². The molecule has 0 saturated heterocycles. The molecule has 1 heterocycles. The Morgan fingerprint density at radius 1 is 1.29 bits per heavy atom. The topological polar surface area (TPSA) is 54.9 Å². The highest BCUT2D eigenvalue weighted by Crippen LogP contribution is 2.29. The lowest BCUT2D eigenvalue weighted by Gasteiger charge is -2.12. The third kappa shape index (κ3) is 4.67. The molecule has 2 rings (SSSR count). The van der Waals surface area contributed by atoms with E-state index in [0.717, 1.165) is 24.0 Å². The number of amides is 1. The molecule has 1 amide bonds. The predicted molar refractivity (Wildman–Crippen MR) is 82.1 cm³/mol. The molecule has 0 aliphatic heterocycles. The van der Waals surface area contributed by atoms with Crippen LogP contribution in [0.1, 0.15) is 18.2 Å². The van der Waals surface area contributed by atoms with Crippen molar-refractivity contribution in [2.45, 2.75) is 30.4 Å². The molecule has 0 radical (unpaired) electrons. The van der Waals surface area contributed by atoms with Crippen molar-refractivity contribution in [2.24, 2.45) is 0 Å². The summed E-state index contributed by atoms with van der Waals surface area (Å²) in [5.41, 5.74) is -0.374. The Labute approximate surface area is 139 Å². The Morgan fingerprint density at radius 2 is 2.00 bits per heavy atom. The number of nitrogens with one attached hydrogen (secondary N) is 1. The van der Waals surface area contributed by atoms with Crippen molar-refractivity contribution in [1.29, 1.82) is 0 Å². The van der Waals surface area contributed by atoms with Crippen LogP contribution in [0.4, 0.5) is 23.2 Å². The largest absolute Gasteiger partial charge is 0.433 e. The number of carbonyl (C=O) groups is 1. The van der Waals surface area contributed by atoms with Crippen molar-refractivity contribution >= 4 is 23.4 Å². The SMILES string of the molecule is Cc1ccc(NC(=O)[C@@H](C)Sc2nccc(C(F)(F)F)n2)cc1F. The lowest BCUT2D eigenvalue weighted by Crippen LogP contribution is -2.23. The van der Waals surface area contributed by atoms with Crippen LogP contribution in [0.15, 0.2) is 35.6 Å². The molecule has 1 atom stereocenters. The number of carbonyl (C=O) groups excluding carboxylic acids is 1. The molecule has 0 aliphatic rings. The molecular weight excluding hydrogens is 346 g/mol. The van der Waals surface area contributed by atoms with E-state index in [0.29, 0.717) is 5.56 Å². The predicted octanol–water partition coefficient (Wildman–Crippen LogP) is 4.06. The number of alkyl halides is 3. The van der Waals surface area contributed by atoms with E-state index in [1.165, 1.54) is 25.1 Å². The first-order valence-electron chi connectivity index (χ1n) is 6.80. The fourth-order valence-electron chi connectivity index (χ4n) is 1.68. The van der Waals surface area contributed by atoms with Crippen LogP contribution in [0, 0.1) is 12.7 Å². The average molecular weight is 359 g/mol. The average Bonchev–Trinajstić information content (AvgIpc) is 2.50. The van der Waals surface area contributed by atoms with E-state index >= 15 is 0 Å². The van der Waals surface area contributed by atoms with Crippen molar-refractivity contribution in [3.05, 3.63) is 47.5 Å². The minimum atomic E-state index is -4.58. The van der Waals surface area contributed by atoms with Crippen molar-refractivity contribution < 1.29 is 22.4 Å². The van der Waals surface area contributed by atoms with Gasteiger partial charge in [-0.3, -0.25) is 4.79 Å². The van der Waals surface area contributed by atoms with Gasteiger partial charge in [0.1, 0.15) is 11.5 Å². The second-order valence-corrected chi connectivity index (χ2v) is 6.24. The summed E-state index contributed by atoms with van der Waals surface area (Å²) < 4.78 is 51.3. The van der Waals surface area contributed by atoms with E-state index < -0.39 is 28.8 Å². The van der Waals surface area contributed by atoms with Crippen LogP contribution in [0.25, 0.3) is 0 Å². The number of aromatic nitrogens is 2. The number of halogens is 4. The minimum absolute atomic E-state index is 0.164. The van der Waals surface area contributed by atoms with Crippen LogP contribution in [0.5, 0.6) is 0 Å². The van der Waals surface area contributed by atoms with Crippen molar-refractivity contribution in [1.82, 2.24) is 9.97 Å². The Morgan fingerprint density at radius 3 is 2.62 bits per heavy atom. The van der Waals surface area contributed by atoms with E-state index in [1.54, 1.807) is 6.92 Å². The van der Waals surface area contributed by atoms with Gasteiger partial charge in [-0.15, -0.1) is 0 Å². The Hall–Kier alpha value is -2.16. The molecule has 24 heavy (non-hydrogen) atoms. The van der Waals surface area contributed by atoms with Crippen molar-refractivity contribution in [3.63, 3.8) is 0 Å². The maximum absolute atomic E-state index is 13.5. The summed E-state index contributed by atoms with van der Waals surface area (Å²) in [5, 5.41) is 1.57. The van der Waals surface area contributed by atoms with Gasteiger partial charge in [-0.1, -0.05) is 17.8 Å². The van der Waals surface area contributed by atoms with Crippen LogP contribution in [0.2, 0.25) is 0 Å². The zero-order chi connectivity index (χ0) is 17.9. The molecule has 0 saturated carbocycles. The van der Waals surface area contributed by atoms with Crippen molar-refractivity contribution in [2.75, 3.05) is 5.32 Å². The van der Waals surface area contributed by atoms with Gasteiger partial charge in [-0.05, 0) is 37.6 Å². The molecular formula is C15H13F4N3OS. The third-order valence-electron chi connectivity index (χ3n) is 3.01. The van der Waals surface area contributed by atoms with Crippen LogP contribution >= 0.6 is 11.8 Å². The van der Waals surface area contributed by atoms with Gasteiger partial charge >= 0.3 is 6.18 Å². The van der Waals surface area contributed by atoms with Gasteiger partial charge < -0.3 is 5.32 Å². The zero-order valence-electron chi connectivity index (χ0n) is 12.7. The summed E-state index contributed by atoms with van der Waals surface area (Å²) >= 11 is 0.781. The fraction of sp³-hybridized carbons (Fsp3) is 0.267. The molecule has 0 fully saturated rings. The van der Waals surface area contributed by atoms with Gasteiger partial charge in [0.15, 0.2) is 5.16 Å². The third-order valence-corrected chi connectivity index (χ3v) is 3.99. The second-order valence-electron chi connectivity index (χ2n) is 4.94. The normalized spacial score (nSPS) is 12.8. The van der Waals surface area contributed by atoms with E-state index in [9.17, 15) is 22.4 Å². The monoisotopic (exact) mass is 359 g/mol. The number of hydrogen-bond acceptors (Lipinski definition) is 4. The number of rotatable bonds is 4. The van der Waals surface area contributed by atoms with E-state index in [4.69, 9.17) is 0 Å². The first-order valence-corrected chi connectivity index (χ1v) is 7.68. The maximum Gasteiger partial charge on any atom is 0.433 e. The van der Waals surface area contributed by atoms with Crippen molar-refractivity contribution in [3.8, 4) is 0 Å². The molecule has 0 spiro atoms. The smallest absolute Gasteiger partial charge is 0.325 e.